The van der Waals surface area contributed by atoms with Crippen LogP contribution in [-0.4, -0.2) is 11.6 Å². The maximum absolute atomic E-state index is 3.93. The van der Waals surface area contributed by atoms with Gasteiger partial charge in [0.15, 0.2) is 0 Å². The largest absolute Gasteiger partial charge is 0.309 e. The lowest BCUT2D eigenvalue weighted by Crippen LogP contribution is -2.52. The van der Waals surface area contributed by atoms with Crippen LogP contribution in [0.15, 0.2) is 0 Å². The molecule has 0 radical (unpaired) electrons. The van der Waals surface area contributed by atoms with Crippen LogP contribution in [0, 0.1) is 17.3 Å². The molecule has 1 aliphatic rings. The quantitative estimate of drug-likeness (QED) is 0.758. The van der Waals surface area contributed by atoms with Crippen molar-refractivity contribution in [2.75, 3.05) is 0 Å². The van der Waals surface area contributed by atoms with Gasteiger partial charge in [0.05, 0.1) is 0 Å². The van der Waals surface area contributed by atoms with Crippen LogP contribution in [-0.2, 0) is 0 Å². The second-order valence-electron chi connectivity index (χ2n) is 8.14. The molecule has 3 unspecified atom stereocenters. The first-order valence-corrected chi connectivity index (χ1v) is 7.38. The van der Waals surface area contributed by atoms with Crippen LogP contribution >= 0.6 is 0 Å². The molecule has 1 aliphatic carbocycles. The minimum Gasteiger partial charge on any atom is -0.309 e. The Morgan fingerprint density at radius 3 is 2.12 bits per heavy atom. The molecule has 1 rings (SSSR count). The predicted octanol–water partition coefficient (Wildman–Crippen LogP) is 4.62. The number of nitrogens with one attached hydrogen (secondary N) is 1. The lowest BCUT2D eigenvalue weighted by molar-refractivity contribution is 0.146. The Labute approximate surface area is 109 Å². The zero-order valence-electron chi connectivity index (χ0n) is 13.1. The van der Waals surface area contributed by atoms with E-state index in [1.54, 1.807) is 0 Å². The fourth-order valence-electron chi connectivity index (χ4n) is 3.66. The summed E-state index contributed by atoms with van der Waals surface area (Å²) in [6, 6.07) is 0.719. The molecular formula is C16H33N. The average Bonchev–Trinajstić information content (AvgIpc) is 2.08. The first-order chi connectivity index (χ1) is 7.61. The first-order valence-electron chi connectivity index (χ1n) is 7.38. The van der Waals surface area contributed by atoms with E-state index in [1.165, 1.54) is 25.7 Å². The van der Waals surface area contributed by atoms with E-state index < -0.39 is 0 Å². The van der Waals surface area contributed by atoms with Gasteiger partial charge in [0.1, 0.15) is 0 Å². The maximum Gasteiger partial charge on any atom is 0.0132 e. The van der Waals surface area contributed by atoms with Crippen LogP contribution in [0.4, 0.5) is 0 Å². The van der Waals surface area contributed by atoms with Crippen LogP contribution in [0.1, 0.15) is 74.1 Å². The second kappa shape index (κ2) is 5.30. The number of hydrogen-bond donors (Lipinski definition) is 1. The van der Waals surface area contributed by atoms with Gasteiger partial charge < -0.3 is 5.32 Å². The van der Waals surface area contributed by atoms with Crippen molar-refractivity contribution in [2.45, 2.75) is 85.7 Å². The fraction of sp³-hybridized carbons (Fsp3) is 1.00. The molecule has 1 fully saturated rings. The average molecular weight is 239 g/mol. The van der Waals surface area contributed by atoms with Gasteiger partial charge in [-0.3, -0.25) is 0 Å². The van der Waals surface area contributed by atoms with Crippen LogP contribution in [0.2, 0.25) is 0 Å². The van der Waals surface area contributed by atoms with Gasteiger partial charge in [-0.1, -0.05) is 47.5 Å². The molecule has 0 spiro atoms. The third kappa shape index (κ3) is 4.99. The van der Waals surface area contributed by atoms with Crippen molar-refractivity contribution in [3.63, 3.8) is 0 Å². The van der Waals surface area contributed by atoms with E-state index in [9.17, 15) is 0 Å². The highest BCUT2D eigenvalue weighted by Crippen LogP contribution is 2.33. The maximum atomic E-state index is 3.93. The monoisotopic (exact) mass is 239 g/mol. The van der Waals surface area contributed by atoms with E-state index in [1.807, 2.05) is 0 Å². The Morgan fingerprint density at radius 2 is 1.59 bits per heavy atom. The van der Waals surface area contributed by atoms with Gasteiger partial charge >= 0.3 is 0 Å². The van der Waals surface area contributed by atoms with Gasteiger partial charge in [-0.25, -0.2) is 0 Å². The first kappa shape index (κ1) is 15.0. The Balaban J connectivity index is 2.57. The summed E-state index contributed by atoms with van der Waals surface area (Å²) in [5.41, 5.74) is 0.661. The van der Waals surface area contributed by atoms with Crippen molar-refractivity contribution in [1.82, 2.24) is 5.32 Å². The Hall–Kier alpha value is -0.0400. The Morgan fingerprint density at radius 1 is 1.00 bits per heavy atom. The summed E-state index contributed by atoms with van der Waals surface area (Å²) in [7, 11) is 0. The lowest BCUT2D eigenvalue weighted by Gasteiger charge is -2.42. The molecule has 0 aromatic rings. The highest BCUT2D eigenvalue weighted by molar-refractivity contribution is 4.91. The summed E-state index contributed by atoms with van der Waals surface area (Å²) in [6.07, 6.45) is 5.41. The SMILES string of the molecule is CC1CCCC(NC(C)(C)CC(C)(C)C)C1C. The predicted molar refractivity (Wildman–Crippen MR) is 77.3 cm³/mol. The van der Waals surface area contributed by atoms with Gasteiger partial charge in [0.2, 0.25) is 0 Å². The summed E-state index contributed by atoms with van der Waals surface area (Å²) in [6.45, 7) is 16.6. The van der Waals surface area contributed by atoms with Crippen molar-refractivity contribution in [3.05, 3.63) is 0 Å². The molecule has 0 bridgehead atoms. The molecule has 3 atom stereocenters. The second-order valence-corrected chi connectivity index (χ2v) is 8.14. The van der Waals surface area contributed by atoms with Gasteiger partial charge in [-0.05, 0) is 43.9 Å². The summed E-state index contributed by atoms with van der Waals surface area (Å²) < 4.78 is 0. The third-order valence-electron chi connectivity index (χ3n) is 4.26. The zero-order chi connectivity index (χ0) is 13.3. The van der Waals surface area contributed by atoms with E-state index in [0.717, 1.165) is 17.9 Å². The van der Waals surface area contributed by atoms with Gasteiger partial charge in [-0.15, -0.1) is 0 Å². The molecule has 102 valence electrons. The van der Waals surface area contributed by atoms with Crippen LogP contribution < -0.4 is 5.32 Å². The summed E-state index contributed by atoms with van der Waals surface area (Å²) in [5, 5.41) is 3.93. The molecular weight excluding hydrogens is 206 g/mol. The molecule has 0 aromatic carbocycles. The van der Waals surface area contributed by atoms with Crippen molar-refractivity contribution in [1.29, 1.82) is 0 Å². The number of hydrogen-bond acceptors (Lipinski definition) is 1. The molecule has 1 heteroatoms. The Bertz CT molecular complexity index is 236. The van der Waals surface area contributed by atoms with Crippen molar-refractivity contribution in [2.24, 2.45) is 17.3 Å². The summed E-state index contributed by atoms with van der Waals surface area (Å²) in [5.74, 6) is 1.70. The van der Waals surface area contributed by atoms with Crippen molar-refractivity contribution >= 4 is 0 Å². The van der Waals surface area contributed by atoms with E-state index in [0.29, 0.717) is 5.41 Å². The van der Waals surface area contributed by atoms with Crippen molar-refractivity contribution in [3.8, 4) is 0 Å². The molecule has 0 aromatic heterocycles. The number of rotatable bonds is 3. The van der Waals surface area contributed by atoms with E-state index in [4.69, 9.17) is 0 Å². The molecule has 0 aliphatic heterocycles. The topological polar surface area (TPSA) is 12.0 Å². The highest BCUT2D eigenvalue weighted by atomic mass is 15.0. The molecule has 17 heavy (non-hydrogen) atoms. The molecule has 0 heterocycles. The van der Waals surface area contributed by atoms with Crippen LogP contribution in [0.5, 0.6) is 0 Å². The van der Waals surface area contributed by atoms with Gasteiger partial charge in [-0.2, -0.15) is 0 Å². The molecule has 1 N–H and O–H groups in total. The van der Waals surface area contributed by atoms with E-state index >= 15 is 0 Å². The zero-order valence-corrected chi connectivity index (χ0v) is 13.1. The third-order valence-corrected chi connectivity index (χ3v) is 4.26. The lowest BCUT2D eigenvalue weighted by atomic mass is 9.75. The van der Waals surface area contributed by atoms with Gasteiger partial charge in [0.25, 0.3) is 0 Å². The summed E-state index contributed by atoms with van der Waals surface area (Å²) in [4.78, 5) is 0. The molecule has 1 nitrogen and oxygen atoms in total. The minimum atomic E-state index is 0.258. The smallest absolute Gasteiger partial charge is 0.0132 e. The van der Waals surface area contributed by atoms with Gasteiger partial charge in [0, 0.05) is 11.6 Å². The standard InChI is InChI=1S/C16H33N/c1-12-9-8-10-14(13(12)2)17-16(6,7)11-15(3,4)5/h12-14,17H,8-11H2,1-7H3. The molecule has 0 amide bonds. The van der Waals surface area contributed by atoms with Crippen molar-refractivity contribution < 1.29 is 0 Å². The molecule has 1 saturated carbocycles. The van der Waals surface area contributed by atoms with Crippen LogP contribution in [0.3, 0.4) is 0 Å². The molecule has 0 saturated heterocycles. The Kier molecular flexibility index (Phi) is 4.68. The fourth-order valence-corrected chi connectivity index (χ4v) is 3.66. The highest BCUT2D eigenvalue weighted by Gasteiger charge is 2.33. The van der Waals surface area contributed by atoms with E-state index in [2.05, 4.69) is 53.8 Å². The normalized spacial score (nSPS) is 31.6. The minimum absolute atomic E-state index is 0.258. The summed E-state index contributed by atoms with van der Waals surface area (Å²) >= 11 is 0. The van der Waals surface area contributed by atoms with Crippen LogP contribution in [0.25, 0.3) is 0 Å². The van der Waals surface area contributed by atoms with E-state index in [-0.39, 0.29) is 5.54 Å².